The molecule has 1 heterocycles. The number of amides is 1. The van der Waals surface area contributed by atoms with Crippen LogP contribution in [0.5, 0.6) is 0 Å². The van der Waals surface area contributed by atoms with Gasteiger partial charge in [-0.3, -0.25) is 9.00 Å². The monoisotopic (exact) mass is 282 g/mol. The third kappa shape index (κ3) is 3.40. The summed E-state index contributed by atoms with van der Waals surface area (Å²) in [6.45, 7) is 1.49. The van der Waals surface area contributed by atoms with Crippen molar-refractivity contribution in [2.24, 2.45) is 0 Å². The fourth-order valence-corrected chi connectivity index (χ4v) is 2.92. The van der Waals surface area contributed by atoms with Gasteiger partial charge in [-0.25, -0.2) is 0 Å². The Morgan fingerprint density at radius 2 is 2.21 bits per heavy atom. The second kappa shape index (κ2) is 6.27. The van der Waals surface area contributed by atoms with E-state index in [1.807, 2.05) is 5.06 Å². The molecule has 0 radical (unpaired) electrons. The van der Waals surface area contributed by atoms with Crippen LogP contribution in [0.15, 0.2) is 29.2 Å². The predicted molar refractivity (Wildman–Crippen MR) is 73.2 cm³/mol. The zero-order valence-corrected chi connectivity index (χ0v) is 11.9. The molecule has 0 aromatic heterocycles. The minimum Gasteiger partial charge on any atom is -0.348 e. The van der Waals surface area contributed by atoms with Gasteiger partial charge in [-0.05, 0) is 18.6 Å². The van der Waals surface area contributed by atoms with Crippen molar-refractivity contribution in [1.29, 1.82) is 0 Å². The van der Waals surface area contributed by atoms with E-state index in [1.54, 1.807) is 37.6 Å². The maximum Gasteiger partial charge on any atom is 0.252 e. The van der Waals surface area contributed by atoms with Crippen molar-refractivity contribution < 1.29 is 13.8 Å². The molecule has 0 aliphatic carbocycles. The third-order valence-electron chi connectivity index (χ3n) is 3.19. The summed E-state index contributed by atoms with van der Waals surface area (Å²) in [4.78, 5) is 17.9. The molecule has 1 amide bonds. The Bertz CT molecular complexity index is 493. The summed E-state index contributed by atoms with van der Waals surface area (Å²) in [5.41, 5.74) is 0.485. The normalized spacial score (nSPS) is 21.3. The van der Waals surface area contributed by atoms with Gasteiger partial charge in [0.25, 0.3) is 5.91 Å². The minimum absolute atomic E-state index is 0.0748. The first-order valence-corrected chi connectivity index (χ1v) is 7.70. The molecular formula is C13H18N2O3S. The summed E-state index contributed by atoms with van der Waals surface area (Å²) < 4.78 is 11.6. The van der Waals surface area contributed by atoms with Gasteiger partial charge in [0.15, 0.2) is 0 Å². The van der Waals surface area contributed by atoms with Gasteiger partial charge in [-0.2, -0.15) is 5.06 Å². The lowest BCUT2D eigenvalue weighted by Gasteiger charge is -2.15. The first-order chi connectivity index (χ1) is 9.11. The van der Waals surface area contributed by atoms with Crippen LogP contribution in [0.4, 0.5) is 0 Å². The Morgan fingerprint density at radius 3 is 2.84 bits per heavy atom. The first kappa shape index (κ1) is 14.2. The van der Waals surface area contributed by atoms with Crippen molar-refractivity contribution in [2.75, 3.05) is 26.5 Å². The number of nitrogens with one attached hydrogen (secondary N) is 1. The van der Waals surface area contributed by atoms with Crippen LogP contribution in [-0.2, 0) is 15.6 Å². The van der Waals surface area contributed by atoms with Gasteiger partial charge in [0, 0.05) is 25.4 Å². The second-order valence-electron chi connectivity index (χ2n) is 4.48. The molecule has 6 heteroatoms. The van der Waals surface area contributed by atoms with Crippen LogP contribution < -0.4 is 5.32 Å². The maximum absolute atomic E-state index is 12.2. The fourth-order valence-electron chi connectivity index (χ4n) is 2.18. The van der Waals surface area contributed by atoms with Crippen molar-refractivity contribution in [3.8, 4) is 0 Å². The molecule has 1 aromatic rings. The van der Waals surface area contributed by atoms with E-state index in [4.69, 9.17) is 4.84 Å². The van der Waals surface area contributed by atoms with Gasteiger partial charge < -0.3 is 10.2 Å². The van der Waals surface area contributed by atoms with E-state index in [-0.39, 0.29) is 11.9 Å². The number of hydroxylamine groups is 2. The second-order valence-corrected chi connectivity index (χ2v) is 5.83. The lowest BCUT2D eigenvalue weighted by Crippen LogP contribution is -2.37. The highest BCUT2D eigenvalue weighted by atomic mass is 32.2. The number of hydrogen-bond donors (Lipinski definition) is 1. The van der Waals surface area contributed by atoms with Gasteiger partial charge in [0.05, 0.1) is 28.4 Å². The number of carbonyl (C=O) groups is 1. The van der Waals surface area contributed by atoms with Crippen molar-refractivity contribution in [3.05, 3.63) is 29.8 Å². The number of hydrogen-bond acceptors (Lipinski definition) is 4. The molecule has 104 valence electrons. The van der Waals surface area contributed by atoms with E-state index in [2.05, 4.69) is 5.32 Å². The van der Waals surface area contributed by atoms with Crippen molar-refractivity contribution >= 4 is 16.7 Å². The highest BCUT2D eigenvalue weighted by Gasteiger charge is 2.25. The number of benzene rings is 1. The van der Waals surface area contributed by atoms with Crippen molar-refractivity contribution in [1.82, 2.24) is 10.4 Å². The maximum atomic E-state index is 12.2. The summed E-state index contributed by atoms with van der Waals surface area (Å²) in [6, 6.07) is 7.07. The Hall–Kier alpha value is -1.24. The van der Waals surface area contributed by atoms with Gasteiger partial charge in [-0.1, -0.05) is 12.1 Å². The molecule has 5 nitrogen and oxygen atoms in total. The quantitative estimate of drug-likeness (QED) is 0.887. The van der Waals surface area contributed by atoms with E-state index < -0.39 is 10.8 Å². The number of rotatable bonds is 4. The van der Waals surface area contributed by atoms with Gasteiger partial charge in [-0.15, -0.1) is 0 Å². The summed E-state index contributed by atoms with van der Waals surface area (Å²) in [7, 11) is 0.456. The lowest BCUT2D eigenvalue weighted by molar-refractivity contribution is -0.113. The number of carbonyl (C=O) groups excluding carboxylic acids is 1. The SMILES string of the molecule is CON1CCC(NC(=O)c2ccccc2S(C)=O)C1. The molecule has 0 saturated carbocycles. The van der Waals surface area contributed by atoms with Crippen molar-refractivity contribution in [2.45, 2.75) is 17.4 Å². The van der Waals surface area contributed by atoms with Crippen molar-refractivity contribution in [3.63, 3.8) is 0 Å². The topological polar surface area (TPSA) is 58.6 Å². The van der Waals surface area contributed by atoms with E-state index in [0.29, 0.717) is 17.0 Å². The van der Waals surface area contributed by atoms with Crippen LogP contribution in [0.25, 0.3) is 0 Å². The molecule has 1 N–H and O–H groups in total. The molecule has 2 unspecified atom stereocenters. The van der Waals surface area contributed by atoms with E-state index in [1.165, 1.54) is 0 Å². The van der Waals surface area contributed by atoms with Crippen LogP contribution in [0.1, 0.15) is 16.8 Å². The number of nitrogens with zero attached hydrogens (tertiary/aromatic N) is 1. The van der Waals surface area contributed by atoms with Crippen LogP contribution >= 0.6 is 0 Å². The molecule has 1 aromatic carbocycles. The Labute approximate surface area is 115 Å². The summed E-state index contributed by atoms with van der Waals surface area (Å²) in [5, 5.41) is 4.77. The average Bonchev–Trinajstić information content (AvgIpc) is 2.86. The highest BCUT2D eigenvalue weighted by molar-refractivity contribution is 7.84. The molecule has 1 aliphatic heterocycles. The zero-order chi connectivity index (χ0) is 13.8. The Kier molecular flexibility index (Phi) is 4.68. The smallest absolute Gasteiger partial charge is 0.252 e. The molecule has 1 saturated heterocycles. The largest absolute Gasteiger partial charge is 0.348 e. The van der Waals surface area contributed by atoms with E-state index in [0.717, 1.165) is 13.0 Å². The molecule has 2 rings (SSSR count). The van der Waals surface area contributed by atoms with Gasteiger partial charge in [0.2, 0.25) is 0 Å². The molecule has 1 fully saturated rings. The molecule has 1 aliphatic rings. The zero-order valence-electron chi connectivity index (χ0n) is 11.1. The van der Waals surface area contributed by atoms with E-state index in [9.17, 15) is 9.00 Å². The first-order valence-electron chi connectivity index (χ1n) is 6.14. The Morgan fingerprint density at radius 1 is 1.47 bits per heavy atom. The predicted octanol–water partition coefficient (Wildman–Crippen LogP) is 0.789. The van der Waals surface area contributed by atoms with Crippen LogP contribution in [-0.4, -0.2) is 47.7 Å². The third-order valence-corrected chi connectivity index (χ3v) is 4.16. The highest BCUT2D eigenvalue weighted by Crippen LogP contribution is 2.14. The van der Waals surface area contributed by atoms with Gasteiger partial charge >= 0.3 is 0 Å². The molecule has 2 atom stereocenters. The average molecular weight is 282 g/mol. The molecular weight excluding hydrogens is 264 g/mol. The lowest BCUT2D eigenvalue weighted by atomic mass is 10.2. The molecule has 19 heavy (non-hydrogen) atoms. The van der Waals surface area contributed by atoms with E-state index >= 15 is 0 Å². The summed E-state index contributed by atoms with van der Waals surface area (Å²) >= 11 is 0. The minimum atomic E-state index is -1.17. The standard InChI is InChI=1S/C13H18N2O3S/c1-18-15-8-7-10(9-15)14-13(16)11-5-3-4-6-12(11)19(2)17/h3-6,10H,7-9H2,1-2H3,(H,14,16). The fraction of sp³-hybridized carbons (Fsp3) is 0.462. The van der Waals surface area contributed by atoms with Crippen LogP contribution in [0.2, 0.25) is 0 Å². The van der Waals surface area contributed by atoms with Crippen LogP contribution in [0.3, 0.4) is 0 Å². The molecule has 0 spiro atoms. The van der Waals surface area contributed by atoms with Gasteiger partial charge in [0.1, 0.15) is 0 Å². The summed E-state index contributed by atoms with van der Waals surface area (Å²) in [6.07, 6.45) is 2.44. The Balaban J connectivity index is 2.06. The van der Waals surface area contributed by atoms with Crippen LogP contribution in [0, 0.1) is 0 Å². The molecule has 0 bridgehead atoms. The summed E-state index contributed by atoms with van der Waals surface area (Å²) in [5.74, 6) is -0.172.